The number of rotatable bonds is 1. The van der Waals surface area contributed by atoms with E-state index in [1.54, 1.807) is 24.3 Å². The number of aliphatic carboxylic acids is 1. The first-order chi connectivity index (χ1) is 6.97. The molecule has 5 heteroatoms. The van der Waals surface area contributed by atoms with Gasteiger partial charge in [-0.1, -0.05) is 0 Å². The summed E-state index contributed by atoms with van der Waals surface area (Å²) in [6.45, 7) is 1.08. The van der Waals surface area contributed by atoms with Gasteiger partial charge in [-0.05, 0) is 24.3 Å². The molecule has 1 rings (SSSR count). The van der Waals surface area contributed by atoms with Gasteiger partial charge in [-0.15, -0.1) is 0 Å². The minimum absolute atomic E-state index is 0.343. The minimum atomic E-state index is -0.833. The lowest BCUT2D eigenvalue weighted by Gasteiger charge is -1.97. The number of methoxy groups -OCH3 is 1. The van der Waals surface area contributed by atoms with Crippen molar-refractivity contribution in [3.05, 3.63) is 29.8 Å². The molecule has 1 aromatic carbocycles. The lowest BCUT2D eigenvalue weighted by molar-refractivity contribution is -0.134. The Labute approximate surface area is 87.5 Å². The summed E-state index contributed by atoms with van der Waals surface area (Å²) in [4.78, 5) is 19.9. The van der Waals surface area contributed by atoms with Crippen LogP contribution in [0.3, 0.4) is 0 Å². The molecule has 1 aromatic rings. The summed E-state index contributed by atoms with van der Waals surface area (Å²) >= 11 is 0. The van der Waals surface area contributed by atoms with E-state index < -0.39 is 5.97 Å². The lowest BCUT2D eigenvalue weighted by atomic mass is 10.2. The van der Waals surface area contributed by atoms with E-state index in [1.165, 1.54) is 7.11 Å². The average Bonchev–Trinajstić information content (AvgIpc) is 2.17. The maximum absolute atomic E-state index is 10.9. The number of carboxylic acids is 1. The Morgan fingerprint density at radius 1 is 1.27 bits per heavy atom. The summed E-state index contributed by atoms with van der Waals surface area (Å²) in [6, 6.07) is 6.57. The van der Waals surface area contributed by atoms with E-state index in [4.69, 9.17) is 15.6 Å². The molecule has 0 fully saturated rings. The molecule has 0 saturated carbocycles. The number of hydrogen-bond acceptors (Lipinski definition) is 4. The Morgan fingerprint density at radius 3 is 2.00 bits per heavy atom. The van der Waals surface area contributed by atoms with E-state index in [0.717, 1.165) is 6.92 Å². The Bertz CT molecular complexity index is 328. The van der Waals surface area contributed by atoms with Gasteiger partial charge in [-0.3, -0.25) is 4.79 Å². The van der Waals surface area contributed by atoms with Crippen molar-refractivity contribution in [1.82, 2.24) is 0 Å². The third-order valence-corrected chi connectivity index (χ3v) is 1.33. The zero-order chi connectivity index (χ0) is 11.8. The average molecular weight is 211 g/mol. The second-order valence-corrected chi connectivity index (χ2v) is 2.63. The Balaban J connectivity index is 0.000000423. The molecule has 0 atom stereocenters. The fourth-order valence-corrected chi connectivity index (χ4v) is 0.737. The molecule has 0 aliphatic carbocycles. The quantitative estimate of drug-likeness (QED) is 0.537. The summed E-state index contributed by atoms with van der Waals surface area (Å²) < 4.78 is 4.50. The van der Waals surface area contributed by atoms with Crippen molar-refractivity contribution in [2.75, 3.05) is 12.8 Å². The predicted molar refractivity (Wildman–Crippen MR) is 55.5 cm³/mol. The third kappa shape index (κ3) is 6.09. The number of carbonyl (C=O) groups excluding carboxylic acids is 1. The van der Waals surface area contributed by atoms with Crippen LogP contribution in [-0.4, -0.2) is 24.2 Å². The Hall–Kier alpha value is -2.04. The second kappa shape index (κ2) is 6.42. The van der Waals surface area contributed by atoms with Crippen molar-refractivity contribution in [2.24, 2.45) is 0 Å². The van der Waals surface area contributed by atoms with E-state index in [9.17, 15) is 4.79 Å². The molecule has 0 unspecified atom stereocenters. The van der Waals surface area contributed by atoms with E-state index in [2.05, 4.69) is 4.74 Å². The molecule has 0 aliphatic heterocycles. The van der Waals surface area contributed by atoms with Gasteiger partial charge in [0.2, 0.25) is 0 Å². The van der Waals surface area contributed by atoms with Crippen LogP contribution in [0.25, 0.3) is 0 Å². The monoisotopic (exact) mass is 211 g/mol. The van der Waals surface area contributed by atoms with Crippen LogP contribution in [0.1, 0.15) is 17.3 Å². The molecule has 0 aliphatic rings. The third-order valence-electron chi connectivity index (χ3n) is 1.33. The molecule has 0 aromatic heterocycles. The van der Waals surface area contributed by atoms with Gasteiger partial charge in [0.1, 0.15) is 0 Å². The predicted octanol–water partition coefficient (Wildman–Crippen LogP) is 1.15. The molecule has 0 amide bonds. The van der Waals surface area contributed by atoms with Crippen LogP contribution in [0.2, 0.25) is 0 Å². The van der Waals surface area contributed by atoms with Crippen LogP contribution in [0, 0.1) is 0 Å². The SMILES string of the molecule is CC(=O)O.COC(=O)c1ccc(N)cc1. The first-order valence-corrected chi connectivity index (χ1v) is 4.10. The number of carbonyl (C=O) groups is 2. The standard InChI is InChI=1S/C8H9NO2.C2H4O2/c1-11-8(10)6-2-4-7(9)5-3-6;1-2(3)4/h2-5H,9H2,1H3;1H3,(H,3,4). The molecular formula is C10H13NO4. The molecular weight excluding hydrogens is 198 g/mol. The summed E-state index contributed by atoms with van der Waals surface area (Å²) in [7, 11) is 1.35. The van der Waals surface area contributed by atoms with Gasteiger partial charge >= 0.3 is 5.97 Å². The van der Waals surface area contributed by atoms with Gasteiger partial charge in [-0.25, -0.2) is 4.79 Å². The number of anilines is 1. The van der Waals surface area contributed by atoms with Gasteiger partial charge in [0.25, 0.3) is 5.97 Å². The van der Waals surface area contributed by atoms with Crippen molar-refractivity contribution < 1.29 is 19.4 Å². The van der Waals surface area contributed by atoms with Crippen molar-refractivity contribution in [3.63, 3.8) is 0 Å². The van der Waals surface area contributed by atoms with Crippen LogP contribution in [0.5, 0.6) is 0 Å². The van der Waals surface area contributed by atoms with Crippen LogP contribution in [0.15, 0.2) is 24.3 Å². The molecule has 3 N–H and O–H groups in total. The normalized spacial score (nSPS) is 8.40. The lowest BCUT2D eigenvalue weighted by Crippen LogP contribution is -2.00. The zero-order valence-corrected chi connectivity index (χ0v) is 8.56. The van der Waals surface area contributed by atoms with E-state index in [0.29, 0.717) is 11.3 Å². The summed E-state index contributed by atoms with van der Waals surface area (Å²) in [6.07, 6.45) is 0. The molecule has 15 heavy (non-hydrogen) atoms. The van der Waals surface area contributed by atoms with Gasteiger partial charge in [0.05, 0.1) is 12.7 Å². The number of nitrogens with two attached hydrogens (primary N) is 1. The molecule has 82 valence electrons. The van der Waals surface area contributed by atoms with E-state index >= 15 is 0 Å². The van der Waals surface area contributed by atoms with Crippen LogP contribution >= 0.6 is 0 Å². The van der Waals surface area contributed by atoms with Crippen molar-refractivity contribution in [3.8, 4) is 0 Å². The number of nitrogen functional groups attached to an aromatic ring is 1. The number of hydrogen-bond donors (Lipinski definition) is 2. The van der Waals surface area contributed by atoms with E-state index in [-0.39, 0.29) is 5.97 Å². The highest BCUT2D eigenvalue weighted by Gasteiger charge is 2.02. The fourth-order valence-electron chi connectivity index (χ4n) is 0.737. The molecule has 0 saturated heterocycles. The second-order valence-electron chi connectivity index (χ2n) is 2.63. The molecule has 0 heterocycles. The van der Waals surface area contributed by atoms with Crippen molar-refractivity contribution in [2.45, 2.75) is 6.92 Å². The highest BCUT2D eigenvalue weighted by Crippen LogP contribution is 2.05. The fraction of sp³-hybridized carbons (Fsp3) is 0.200. The summed E-state index contributed by atoms with van der Waals surface area (Å²) in [5.74, 6) is -1.18. The largest absolute Gasteiger partial charge is 0.481 e. The molecule has 0 bridgehead atoms. The van der Waals surface area contributed by atoms with Crippen LogP contribution in [-0.2, 0) is 9.53 Å². The maximum atomic E-state index is 10.9. The Morgan fingerprint density at radius 2 is 1.67 bits per heavy atom. The number of carboxylic acid groups (broad SMARTS) is 1. The van der Waals surface area contributed by atoms with Gasteiger partial charge in [0, 0.05) is 12.6 Å². The maximum Gasteiger partial charge on any atom is 0.337 e. The van der Waals surface area contributed by atoms with Gasteiger partial charge < -0.3 is 15.6 Å². The highest BCUT2D eigenvalue weighted by molar-refractivity contribution is 5.89. The van der Waals surface area contributed by atoms with Crippen molar-refractivity contribution in [1.29, 1.82) is 0 Å². The zero-order valence-electron chi connectivity index (χ0n) is 8.56. The number of benzene rings is 1. The molecule has 0 radical (unpaired) electrons. The summed E-state index contributed by atoms with van der Waals surface area (Å²) in [5, 5.41) is 7.42. The van der Waals surface area contributed by atoms with Gasteiger partial charge in [0.15, 0.2) is 0 Å². The van der Waals surface area contributed by atoms with Crippen LogP contribution < -0.4 is 5.73 Å². The first-order valence-electron chi connectivity index (χ1n) is 4.10. The molecule has 0 spiro atoms. The van der Waals surface area contributed by atoms with Crippen LogP contribution in [0.4, 0.5) is 5.69 Å². The number of ether oxygens (including phenoxy) is 1. The van der Waals surface area contributed by atoms with E-state index in [1.807, 2.05) is 0 Å². The topological polar surface area (TPSA) is 89.6 Å². The summed E-state index contributed by atoms with van der Waals surface area (Å²) in [5.41, 5.74) is 6.57. The first kappa shape index (κ1) is 13.0. The van der Waals surface area contributed by atoms with Gasteiger partial charge in [-0.2, -0.15) is 0 Å². The van der Waals surface area contributed by atoms with Crippen molar-refractivity contribution >= 4 is 17.6 Å². The highest BCUT2D eigenvalue weighted by atomic mass is 16.5. The minimum Gasteiger partial charge on any atom is -0.481 e. The smallest absolute Gasteiger partial charge is 0.337 e. The Kier molecular flexibility index (Phi) is 5.55. The number of esters is 1. The molecule has 5 nitrogen and oxygen atoms in total.